The number of hydrogen-bond acceptors (Lipinski definition) is 4. The summed E-state index contributed by atoms with van der Waals surface area (Å²) in [5.74, 6) is -1.82. The van der Waals surface area contributed by atoms with Gasteiger partial charge in [0.2, 0.25) is 5.91 Å². The molecule has 3 aromatic rings. The fourth-order valence-electron chi connectivity index (χ4n) is 3.77. The molecule has 4 rings (SSSR count). The van der Waals surface area contributed by atoms with Crippen molar-refractivity contribution in [2.24, 2.45) is 5.92 Å². The van der Waals surface area contributed by atoms with Crippen LogP contribution in [0.25, 0.3) is 10.8 Å². The normalized spacial score (nSPS) is 15.8. The molecule has 1 heterocycles. The maximum Gasteiger partial charge on any atom is 0.311 e. The van der Waals surface area contributed by atoms with Crippen LogP contribution in [0.2, 0.25) is 5.02 Å². The van der Waals surface area contributed by atoms with E-state index in [0.29, 0.717) is 16.3 Å². The lowest BCUT2D eigenvalue weighted by atomic mass is 10.1. The summed E-state index contributed by atoms with van der Waals surface area (Å²) >= 11 is 9.50. The first kappa shape index (κ1) is 22.3. The van der Waals surface area contributed by atoms with E-state index in [4.69, 9.17) is 16.3 Å². The van der Waals surface area contributed by atoms with Crippen molar-refractivity contribution in [2.45, 2.75) is 13.3 Å². The van der Waals surface area contributed by atoms with E-state index in [1.165, 1.54) is 0 Å². The topological polar surface area (TPSA) is 75.7 Å². The summed E-state index contributed by atoms with van der Waals surface area (Å²) in [7, 11) is 0. The molecule has 1 N–H and O–H groups in total. The van der Waals surface area contributed by atoms with Gasteiger partial charge in [-0.3, -0.25) is 14.4 Å². The van der Waals surface area contributed by atoms with Crippen LogP contribution in [0.15, 0.2) is 59.1 Å². The number of carbonyl (C=O) groups excluding carboxylic acids is 3. The Morgan fingerprint density at radius 1 is 1.16 bits per heavy atom. The number of benzene rings is 3. The van der Waals surface area contributed by atoms with Crippen molar-refractivity contribution < 1.29 is 19.1 Å². The van der Waals surface area contributed by atoms with Gasteiger partial charge in [-0.15, -0.1) is 0 Å². The molecule has 1 atom stereocenters. The van der Waals surface area contributed by atoms with Crippen molar-refractivity contribution in [2.75, 3.05) is 23.4 Å². The lowest BCUT2D eigenvalue weighted by Crippen LogP contribution is -2.28. The van der Waals surface area contributed by atoms with E-state index in [0.717, 1.165) is 20.9 Å². The van der Waals surface area contributed by atoms with Gasteiger partial charge < -0.3 is 15.0 Å². The van der Waals surface area contributed by atoms with Crippen LogP contribution in [-0.4, -0.2) is 30.9 Å². The molecule has 0 aromatic heterocycles. The number of ether oxygens (including phenoxy) is 1. The van der Waals surface area contributed by atoms with Crippen molar-refractivity contribution in [1.82, 2.24) is 0 Å². The van der Waals surface area contributed by atoms with E-state index in [2.05, 4.69) is 21.2 Å². The minimum atomic E-state index is -0.627. The summed E-state index contributed by atoms with van der Waals surface area (Å²) in [6.07, 6.45) is 0.0467. The van der Waals surface area contributed by atoms with Crippen LogP contribution in [-0.2, 0) is 19.1 Å². The standard InChI is InChI=1S/C24H20BrClN2O4/c1-14-19(10-9-18(25)23(14)26)27-21(29)13-32-24(31)16-11-22(30)28(12-16)20-8-4-6-15-5-2-3-7-17(15)20/h2-10,16H,11-13H2,1H3,(H,27,29)/t16-/m1/s1. The average Bonchev–Trinajstić information content (AvgIpc) is 3.19. The molecule has 1 saturated heterocycles. The van der Waals surface area contributed by atoms with Crippen molar-refractivity contribution >= 4 is 67.5 Å². The first-order valence-electron chi connectivity index (χ1n) is 10.0. The van der Waals surface area contributed by atoms with Crippen molar-refractivity contribution in [3.8, 4) is 0 Å². The molecule has 0 aliphatic carbocycles. The van der Waals surface area contributed by atoms with E-state index in [9.17, 15) is 14.4 Å². The number of nitrogens with one attached hydrogen (secondary N) is 1. The molecule has 164 valence electrons. The van der Waals surface area contributed by atoms with Crippen molar-refractivity contribution in [3.63, 3.8) is 0 Å². The van der Waals surface area contributed by atoms with Gasteiger partial charge in [0.25, 0.3) is 5.91 Å². The lowest BCUT2D eigenvalue weighted by Gasteiger charge is -2.19. The lowest BCUT2D eigenvalue weighted by molar-refractivity contribution is -0.151. The molecule has 0 radical (unpaired) electrons. The molecular weight excluding hydrogens is 496 g/mol. The summed E-state index contributed by atoms with van der Waals surface area (Å²) in [5, 5.41) is 5.15. The number of hydrogen-bond donors (Lipinski definition) is 1. The Kier molecular flexibility index (Phi) is 6.48. The maximum atomic E-state index is 12.6. The van der Waals surface area contributed by atoms with Gasteiger partial charge in [-0.25, -0.2) is 0 Å². The number of rotatable bonds is 5. The Morgan fingerprint density at radius 3 is 2.72 bits per heavy atom. The zero-order chi connectivity index (χ0) is 22.8. The minimum absolute atomic E-state index is 0.0467. The van der Waals surface area contributed by atoms with Crippen molar-refractivity contribution in [1.29, 1.82) is 0 Å². The van der Waals surface area contributed by atoms with Crippen LogP contribution in [0.4, 0.5) is 11.4 Å². The zero-order valence-corrected chi connectivity index (χ0v) is 19.6. The summed E-state index contributed by atoms with van der Waals surface area (Å²) < 4.78 is 5.93. The van der Waals surface area contributed by atoms with Gasteiger partial charge >= 0.3 is 5.97 Å². The highest BCUT2D eigenvalue weighted by molar-refractivity contribution is 9.10. The smallest absolute Gasteiger partial charge is 0.311 e. The third-order valence-electron chi connectivity index (χ3n) is 5.47. The van der Waals surface area contributed by atoms with E-state index in [1.54, 1.807) is 24.0 Å². The molecule has 0 saturated carbocycles. The molecule has 6 nitrogen and oxygen atoms in total. The van der Waals surface area contributed by atoms with Gasteiger partial charge in [0.05, 0.1) is 16.6 Å². The molecular formula is C24H20BrClN2O4. The van der Waals surface area contributed by atoms with Crippen LogP contribution < -0.4 is 10.2 Å². The number of amides is 2. The predicted octanol–water partition coefficient (Wildman–Crippen LogP) is 5.10. The van der Waals surface area contributed by atoms with Crippen LogP contribution in [0.1, 0.15) is 12.0 Å². The van der Waals surface area contributed by atoms with Gasteiger partial charge in [-0.2, -0.15) is 0 Å². The van der Waals surface area contributed by atoms with E-state index >= 15 is 0 Å². The molecule has 8 heteroatoms. The van der Waals surface area contributed by atoms with Gasteiger partial charge in [0, 0.05) is 28.5 Å². The second-order valence-electron chi connectivity index (χ2n) is 7.59. The van der Waals surface area contributed by atoms with Crippen LogP contribution in [0.3, 0.4) is 0 Å². The summed E-state index contributed by atoms with van der Waals surface area (Å²) in [5.41, 5.74) is 2.01. The van der Waals surface area contributed by atoms with Crippen LogP contribution in [0, 0.1) is 12.8 Å². The quantitative estimate of drug-likeness (QED) is 0.480. The number of nitrogens with zero attached hydrogens (tertiary/aromatic N) is 1. The Balaban J connectivity index is 1.38. The Hall–Kier alpha value is -2.90. The molecule has 0 spiro atoms. The third-order valence-corrected chi connectivity index (χ3v) is 6.85. The van der Waals surface area contributed by atoms with Crippen LogP contribution >= 0.6 is 27.5 Å². The predicted molar refractivity (Wildman–Crippen MR) is 128 cm³/mol. The zero-order valence-electron chi connectivity index (χ0n) is 17.2. The van der Waals surface area contributed by atoms with Gasteiger partial charge in [0.15, 0.2) is 6.61 Å². The molecule has 1 aliphatic heterocycles. The molecule has 0 unspecified atom stereocenters. The third kappa shape index (κ3) is 4.49. The van der Waals surface area contributed by atoms with Crippen molar-refractivity contribution in [3.05, 3.63) is 69.7 Å². The molecule has 3 aromatic carbocycles. The Labute approximate surface area is 198 Å². The largest absolute Gasteiger partial charge is 0.455 e. The number of halogens is 2. The first-order valence-corrected chi connectivity index (χ1v) is 11.2. The number of carbonyl (C=O) groups is 3. The van der Waals surface area contributed by atoms with E-state index in [1.807, 2.05) is 42.5 Å². The molecule has 2 amide bonds. The van der Waals surface area contributed by atoms with Gasteiger partial charge in [-0.05, 0) is 52.0 Å². The van der Waals surface area contributed by atoms with E-state index in [-0.39, 0.29) is 18.9 Å². The molecule has 1 aliphatic rings. The van der Waals surface area contributed by atoms with Gasteiger partial charge in [0.1, 0.15) is 0 Å². The summed E-state index contributed by atoms with van der Waals surface area (Å²) in [4.78, 5) is 39.0. The summed E-state index contributed by atoms with van der Waals surface area (Å²) in [6, 6.07) is 16.9. The SMILES string of the molecule is Cc1c(NC(=O)COC(=O)[C@@H]2CC(=O)N(c3cccc4ccccc34)C2)ccc(Br)c1Cl. The highest BCUT2D eigenvalue weighted by Crippen LogP contribution is 2.33. The highest BCUT2D eigenvalue weighted by atomic mass is 79.9. The fraction of sp³-hybridized carbons (Fsp3) is 0.208. The Morgan fingerprint density at radius 2 is 1.91 bits per heavy atom. The second-order valence-corrected chi connectivity index (χ2v) is 8.83. The van der Waals surface area contributed by atoms with Crippen LogP contribution in [0.5, 0.6) is 0 Å². The van der Waals surface area contributed by atoms with E-state index < -0.39 is 24.4 Å². The number of fused-ring (bicyclic) bond motifs is 1. The minimum Gasteiger partial charge on any atom is -0.455 e. The molecule has 0 bridgehead atoms. The average molecular weight is 516 g/mol. The highest BCUT2D eigenvalue weighted by Gasteiger charge is 2.37. The Bertz CT molecular complexity index is 1220. The summed E-state index contributed by atoms with van der Waals surface area (Å²) in [6.45, 7) is 1.56. The first-order chi connectivity index (χ1) is 15.3. The second kappa shape index (κ2) is 9.30. The number of esters is 1. The molecule has 32 heavy (non-hydrogen) atoms. The fourth-order valence-corrected chi connectivity index (χ4v) is 4.36. The maximum absolute atomic E-state index is 12.6. The molecule has 1 fully saturated rings. The number of anilines is 2. The monoisotopic (exact) mass is 514 g/mol. The van der Waals surface area contributed by atoms with Gasteiger partial charge in [-0.1, -0.05) is 48.0 Å².